The molecule has 4 nitrogen and oxygen atoms in total. The van der Waals surface area contributed by atoms with Crippen LogP contribution in [0.3, 0.4) is 0 Å². The van der Waals surface area contributed by atoms with Gasteiger partial charge in [-0.25, -0.2) is 0 Å². The summed E-state index contributed by atoms with van der Waals surface area (Å²) in [7, 11) is 0. The number of amides is 1. The van der Waals surface area contributed by atoms with E-state index in [1.807, 2.05) is 20.8 Å². The van der Waals surface area contributed by atoms with Crippen molar-refractivity contribution in [1.82, 2.24) is 0 Å². The first-order chi connectivity index (χ1) is 9.04. The molecule has 0 aromatic heterocycles. The fourth-order valence-corrected chi connectivity index (χ4v) is 2.12. The maximum absolute atomic E-state index is 12.6. The van der Waals surface area contributed by atoms with Crippen molar-refractivity contribution in [2.24, 2.45) is 5.41 Å². The molecular formula is C15H20N2O2. The van der Waals surface area contributed by atoms with Crippen LogP contribution in [-0.2, 0) is 4.79 Å². The van der Waals surface area contributed by atoms with Gasteiger partial charge in [0.2, 0.25) is 5.91 Å². The summed E-state index contributed by atoms with van der Waals surface area (Å²) in [5, 5.41) is 18.9. The third-order valence-corrected chi connectivity index (χ3v) is 3.53. The van der Waals surface area contributed by atoms with E-state index in [0.29, 0.717) is 25.1 Å². The lowest BCUT2D eigenvalue weighted by Gasteiger charge is -2.30. The third kappa shape index (κ3) is 2.87. The van der Waals surface area contributed by atoms with Crippen LogP contribution >= 0.6 is 0 Å². The first-order valence-electron chi connectivity index (χ1n) is 6.56. The number of rotatable bonds is 5. The number of anilines is 1. The molecule has 0 radical (unpaired) electrons. The van der Waals surface area contributed by atoms with Gasteiger partial charge >= 0.3 is 0 Å². The molecule has 0 saturated carbocycles. The maximum atomic E-state index is 12.6. The Bertz CT molecular complexity index is 487. The van der Waals surface area contributed by atoms with Crippen LogP contribution < -0.4 is 4.90 Å². The van der Waals surface area contributed by atoms with E-state index in [2.05, 4.69) is 6.07 Å². The molecule has 0 aliphatic carbocycles. The molecule has 102 valence electrons. The lowest BCUT2D eigenvalue weighted by Crippen LogP contribution is -2.43. The van der Waals surface area contributed by atoms with Crippen molar-refractivity contribution in [3.63, 3.8) is 0 Å². The molecular weight excluding hydrogens is 240 g/mol. The van der Waals surface area contributed by atoms with Gasteiger partial charge in [0, 0.05) is 18.3 Å². The second-order valence-corrected chi connectivity index (χ2v) is 4.47. The number of carbonyl (C=O) groups excluding carboxylic acids is 1. The Kier molecular flexibility index (Phi) is 4.94. The summed E-state index contributed by atoms with van der Waals surface area (Å²) in [5.41, 5.74) is -0.365. The molecule has 0 aliphatic heterocycles. The largest absolute Gasteiger partial charge is 0.508 e. The Morgan fingerprint density at radius 1 is 1.37 bits per heavy atom. The van der Waals surface area contributed by atoms with E-state index in [4.69, 9.17) is 0 Å². The van der Waals surface area contributed by atoms with Gasteiger partial charge in [-0.05, 0) is 31.9 Å². The first-order valence-corrected chi connectivity index (χ1v) is 6.56. The van der Waals surface area contributed by atoms with E-state index in [0.717, 1.165) is 0 Å². The average molecular weight is 260 g/mol. The van der Waals surface area contributed by atoms with E-state index in [-0.39, 0.29) is 11.7 Å². The summed E-state index contributed by atoms with van der Waals surface area (Å²) in [4.78, 5) is 14.2. The van der Waals surface area contributed by atoms with Gasteiger partial charge in [0.1, 0.15) is 11.2 Å². The van der Waals surface area contributed by atoms with Crippen molar-refractivity contribution >= 4 is 11.6 Å². The lowest BCUT2D eigenvalue weighted by molar-refractivity contribution is -0.125. The number of hydrogen-bond donors (Lipinski definition) is 1. The van der Waals surface area contributed by atoms with Gasteiger partial charge in [0.25, 0.3) is 0 Å². The predicted molar refractivity (Wildman–Crippen MR) is 74.8 cm³/mol. The topological polar surface area (TPSA) is 64.3 Å². The zero-order valence-corrected chi connectivity index (χ0v) is 11.7. The third-order valence-electron chi connectivity index (χ3n) is 3.53. The van der Waals surface area contributed by atoms with Crippen LogP contribution in [0.15, 0.2) is 24.3 Å². The molecule has 0 saturated heterocycles. The molecule has 1 rings (SSSR count). The fourth-order valence-electron chi connectivity index (χ4n) is 2.12. The molecule has 1 aromatic rings. The van der Waals surface area contributed by atoms with E-state index in [9.17, 15) is 15.2 Å². The highest BCUT2D eigenvalue weighted by Gasteiger charge is 2.38. The van der Waals surface area contributed by atoms with Gasteiger partial charge in [0.15, 0.2) is 0 Å². The second kappa shape index (κ2) is 6.24. The van der Waals surface area contributed by atoms with Crippen LogP contribution in [0.4, 0.5) is 5.69 Å². The van der Waals surface area contributed by atoms with Gasteiger partial charge < -0.3 is 10.0 Å². The quantitative estimate of drug-likeness (QED) is 0.884. The van der Waals surface area contributed by atoms with Crippen LogP contribution in [0.2, 0.25) is 0 Å². The summed E-state index contributed by atoms with van der Waals surface area (Å²) in [6, 6.07) is 8.70. The summed E-state index contributed by atoms with van der Waals surface area (Å²) in [5.74, 6) is -0.0904. The van der Waals surface area contributed by atoms with Gasteiger partial charge in [-0.15, -0.1) is 0 Å². The lowest BCUT2D eigenvalue weighted by atomic mass is 9.82. The molecule has 0 unspecified atom stereocenters. The molecule has 1 amide bonds. The number of hydrogen-bond acceptors (Lipinski definition) is 3. The molecule has 4 heteroatoms. The number of carbonyl (C=O) groups is 1. The molecule has 0 atom stereocenters. The van der Waals surface area contributed by atoms with Crippen molar-refractivity contribution < 1.29 is 9.90 Å². The number of nitriles is 1. The molecule has 1 aromatic carbocycles. The summed E-state index contributed by atoms with van der Waals surface area (Å²) < 4.78 is 0. The maximum Gasteiger partial charge on any atom is 0.247 e. The van der Waals surface area contributed by atoms with Gasteiger partial charge in [-0.2, -0.15) is 5.26 Å². The van der Waals surface area contributed by atoms with Gasteiger partial charge in [-0.1, -0.05) is 19.9 Å². The Morgan fingerprint density at radius 2 is 2.00 bits per heavy atom. The minimum absolute atomic E-state index is 0.110. The predicted octanol–water partition coefficient (Wildman–Crippen LogP) is 3.08. The Labute approximate surface area is 114 Å². The highest BCUT2D eigenvalue weighted by atomic mass is 16.3. The van der Waals surface area contributed by atoms with Crippen LogP contribution in [0, 0.1) is 16.7 Å². The molecule has 0 fully saturated rings. The molecule has 0 bridgehead atoms. The average Bonchev–Trinajstić information content (AvgIpc) is 2.42. The van der Waals surface area contributed by atoms with Crippen LogP contribution in [0.25, 0.3) is 0 Å². The van der Waals surface area contributed by atoms with E-state index < -0.39 is 5.41 Å². The fraction of sp³-hybridized carbons (Fsp3) is 0.467. The smallest absolute Gasteiger partial charge is 0.247 e. The molecule has 0 heterocycles. The highest BCUT2D eigenvalue weighted by molar-refractivity contribution is 5.99. The molecule has 19 heavy (non-hydrogen) atoms. The summed E-state index contributed by atoms with van der Waals surface area (Å²) in [6.07, 6.45) is 0.961. The minimum Gasteiger partial charge on any atom is -0.508 e. The Balaban J connectivity index is 3.17. The van der Waals surface area contributed by atoms with Crippen LogP contribution in [0.1, 0.15) is 33.6 Å². The van der Waals surface area contributed by atoms with Crippen molar-refractivity contribution in [1.29, 1.82) is 5.26 Å². The second-order valence-electron chi connectivity index (χ2n) is 4.47. The first kappa shape index (κ1) is 15.0. The minimum atomic E-state index is -0.985. The Hall–Kier alpha value is -2.02. The van der Waals surface area contributed by atoms with Crippen molar-refractivity contribution in [2.45, 2.75) is 33.6 Å². The molecule has 0 spiro atoms. The van der Waals surface area contributed by atoms with Crippen LogP contribution in [-0.4, -0.2) is 17.6 Å². The van der Waals surface area contributed by atoms with Crippen molar-refractivity contribution in [3.8, 4) is 11.8 Å². The summed E-state index contributed by atoms with van der Waals surface area (Å²) in [6.45, 7) is 6.02. The molecule has 0 aliphatic rings. The summed E-state index contributed by atoms with van der Waals surface area (Å²) >= 11 is 0. The molecule has 1 N–H and O–H groups in total. The standard InChI is InChI=1S/C15H20N2O2/c1-4-15(5-2,11-16)14(19)17(6-3)12-8-7-9-13(18)10-12/h7-10,18H,4-6H2,1-3H3. The number of benzene rings is 1. The zero-order chi connectivity index (χ0) is 14.5. The highest BCUT2D eigenvalue weighted by Crippen LogP contribution is 2.31. The monoisotopic (exact) mass is 260 g/mol. The number of nitrogens with zero attached hydrogens (tertiary/aromatic N) is 2. The normalized spacial score (nSPS) is 10.8. The number of phenolic OH excluding ortho intramolecular Hbond substituents is 1. The number of aromatic hydroxyl groups is 1. The SMILES string of the molecule is CCN(C(=O)C(C#N)(CC)CC)c1cccc(O)c1. The van der Waals surface area contributed by atoms with Crippen LogP contribution in [0.5, 0.6) is 5.75 Å². The number of phenols is 1. The van der Waals surface area contributed by atoms with Crippen molar-refractivity contribution in [3.05, 3.63) is 24.3 Å². The van der Waals surface area contributed by atoms with E-state index in [1.165, 1.54) is 6.07 Å². The van der Waals surface area contributed by atoms with E-state index >= 15 is 0 Å². The van der Waals surface area contributed by atoms with Gasteiger partial charge in [0.05, 0.1) is 6.07 Å². The van der Waals surface area contributed by atoms with Gasteiger partial charge in [-0.3, -0.25) is 4.79 Å². The van der Waals surface area contributed by atoms with Crippen molar-refractivity contribution in [2.75, 3.05) is 11.4 Å². The Morgan fingerprint density at radius 3 is 2.42 bits per heavy atom. The zero-order valence-electron chi connectivity index (χ0n) is 11.7. The van der Waals surface area contributed by atoms with E-state index in [1.54, 1.807) is 23.1 Å².